The number of rotatable bonds is 5. The lowest BCUT2D eigenvalue weighted by Crippen LogP contribution is -2.13. The van der Waals surface area contributed by atoms with Crippen molar-refractivity contribution in [1.29, 1.82) is 0 Å². The Bertz CT molecular complexity index is 854. The second-order valence-corrected chi connectivity index (χ2v) is 6.58. The lowest BCUT2D eigenvalue weighted by Gasteiger charge is -2.10. The fraction of sp³-hybridized carbons (Fsp3) is 0.368. The molecule has 0 saturated carbocycles. The third-order valence-corrected chi connectivity index (χ3v) is 4.27. The molecular weight excluding hydrogens is 302 g/mol. The highest BCUT2D eigenvalue weighted by Gasteiger charge is 2.18. The number of carbonyl (C=O) groups excluding carboxylic acids is 1. The summed E-state index contributed by atoms with van der Waals surface area (Å²) in [6.45, 7) is 8.94. The molecule has 3 rings (SSSR count). The van der Waals surface area contributed by atoms with Crippen LogP contribution < -0.4 is 5.32 Å². The number of amides is 1. The molecule has 0 aliphatic rings. The Balaban J connectivity index is 1.89. The van der Waals surface area contributed by atoms with Gasteiger partial charge in [0.1, 0.15) is 11.3 Å². The van der Waals surface area contributed by atoms with Crippen LogP contribution in [0.3, 0.4) is 0 Å². The third-order valence-electron chi connectivity index (χ3n) is 4.27. The molecule has 0 aliphatic carbocycles. The molecule has 0 atom stereocenters. The summed E-state index contributed by atoms with van der Waals surface area (Å²) in [5, 5.41) is 7.88. The summed E-state index contributed by atoms with van der Waals surface area (Å²) in [6.07, 6.45) is 3.21. The van der Waals surface area contributed by atoms with Crippen molar-refractivity contribution in [3.63, 3.8) is 0 Å². The zero-order valence-corrected chi connectivity index (χ0v) is 14.6. The van der Waals surface area contributed by atoms with Gasteiger partial charge >= 0.3 is 0 Å². The van der Waals surface area contributed by atoms with Gasteiger partial charge in [-0.05, 0) is 44.4 Å². The first-order chi connectivity index (χ1) is 11.5. The van der Waals surface area contributed by atoms with Crippen LogP contribution in [-0.2, 0) is 6.54 Å². The number of aryl methyl sites for hydroxylation is 3. The Morgan fingerprint density at radius 1 is 1.29 bits per heavy atom. The highest BCUT2D eigenvalue weighted by Crippen LogP contribution is 2.26. The maximum Gasteiger partial charge on any atom is 0.261 e. The van der Waals surface area contributed by atoms with Gasteiger partial charge < -0.3 is 14.4 Å². The van der Waals surface area contributed by atoms with Crippen LogP contribution in [0.1, 0.15) is 42.1 Å². The van der Waals surface area contributed by atoms with Crippen LogP contribution in [-0.4, -0.2) is 15.6 Å². The molecule has 0 fully saturated rings. The minimum absolute atomic E-state index is 0.186. The van der Waals surface area contributed by atoms with E-state index in [-0.39, 0.29) is 5.91 Å². The molecule has 2 heterocycles. The smallest absolute Gasteiger partial charge is 0.261 e. The number of nitrogens with zero attached hydrogens (tertiary/aromatic N) is 2. The molecule has 0 unspecified atom stereocenters. The largest absolute Gasteiger partial charge is 0.361 e. The van der Waals surface area contributed by atoms with Crippen LogP contribution >= 0.6 is 0 Å². The van der Waals surface area contributed by atoms with Crippen molar-refractivity contribution in [3.05, 3.63) is 47.5 Å². The molecule has 5 heteroatoms. The van der Waals surface area contributed by atoms with Crippen molar-refractivity contribution in [1.82, 2.24) is 9.72 Å². The van der Waals surface area contributed by atoms with Gasteiger partial charge in [0.2, 0.25) is 0 Å². The lowest BCUT2D eigenvalue weighted by atomic mass is 10.1. The number of hydrogen-bond acceptors (Lipinski definition) is 3. The van der Waals surface area contributed by atoms with Crippen molar-refractivity contribution < 1.29 is 9.32 Å². The summed E-state index contributed by atoms with van der Waals surface area (Å²) in [5.74, 6) is 1.00. The number of benzene rings is 1. The minimum atomic E-state index is -0.186. The first kappa shape index (κ1) is 16.3. The number of aromatic nitrogens is 2. The van der Waals surface area contributed by atoms with E-state index < -0.39 is 0 Å². The number of fused-ring (bicyclic) bond motifs is 1. The number of carbonyl (C=O) groups is 1. The number of nitrogens with one attached hydrogen (secondary N) is 1. The second kappa shape index (κ2) is 6.51. The normalized spacial score (nSPS) is 11.4. The van der Waals surface area contributed by atoms with E-state index in [1.807, 2.05) is 12.1 Å². The summed E-state index contributed by atoms with van der Waals surface area (Å²) in [7, 11) is 0. The molecule has 0 bridgehead atoms. The highest BCUT2D eigenvalue weighted by atomic mass is 16.5. The molecule has 0 spiro atoms. The van der Waals surface area contributed by atoms with Crippen LogP contribution in [0.25, 0.3) is 10.9 Å². The quantitative estimate of drug-likeness (QED) is 0.749. The molecule has 2 aromatic heterocycles. The van der Waals surface area contributed by atoms with Crippen LogP contribution in [0.15, 0.2) is 35.0 Å². The number of anilines is 1. The van der Waals surface area contributed by atoms with E-state index in [9.17, 15) is 4.79 Å². The predicted octanol–water partition coefficient (Wildman–Crippen LogP) is 4.54. The molecule has 5 nitrogen and oxygen atoms in total. The van der Waals surface area contributed by atoms with E-state index in [0.717, 1.165) is 29.6 Å². The van der Waals surface area contributed by atoms with Gasteiger partial charge in [-0.25, -0.2) is 0 Å². The molecule has 3 aromatic rings. The summed E-state index contributed by atoms with van der Waals surface area (Å²) in [5.41, 5.74) is 3.05. The molecular formula is C19H23N3O2. The summed E-state index contributed by atoms with van der Waals surface area (Å²) >= 11 is 0. The van der Waals surface area contributed by atoms with Gasteiger partial charge in [0.05, 0.1) is 16.9 Å². The fourth-order valence-electron chi connectivity index (χ4n) is 2.92. The standard InChI is InChI=1S/C19H23N3O2/c1-12(2)8-10-22-11-9-15-16(6-5-7-17(15)22)20-19(23)18-13(3)21-24-14(18)4/h5-7,9,11-12H,8,10H2,1-4H3,(H,20,23). The van der Waals surface area contributed by atoms with Crippen LogP contribution in [0.5, 0.6) is 0 Å². The Morgan fingerprint density at radius 3 is 2.75 bits per heavy atom. The molecule has 1 aromatic carbocycles. The van der Waals surface area contributed by atoms with E-state index in [2.05, 4.69) is 47.2 Å². The first-order valence-corrected chi connectivity index (χ1v) is 8.29. The van der Waals surface area contributed by atoms with Crippen molar-refractivity contribution >= 4 is 22.5 Å². The van der Waals surface area contributed by atoms with Gasteiger partial charge in [0, 0.05) is 18.1 Å². The molecule has 0 radical (unpaired) electrons. The van der Waals surface area contributed by atoms with Crippen LogP contribution in [0.2, 0.25) is 0 Å². The molecule has 1 N–H and O–H groups in total. The van der Waals surface area contributed by atoms with Gasteiger partial charge in [0.15, 0.2) is 0 Å². The summed E-state index contributed by atoms with van der Waals surface area (Å²) in [4.78, 5) is 12.6. The van der Waals surface area contributed by atoms with E-state index in [1.54, 1.807) is 13.8 Å². The minimum Gasteiger partial charge on any atom is -0.361 e. The van der Waals surface area contributed by atoms with E-state index >= 15 is 0 Å². The highest BCUT2D eigenvalue weighted by molar-refractivity contribution is 6.09. The van der Waals surface area contributed by atoms with Crippen molar-refractivity contribution in [2.45, 2.75) is 40.7 Å². The molecule has 126 valence electrons. The first-order valence-electron chi connectivity index (χ1n) is 8.29. The van der Waals surface area contributed by atoms with Crippen molar-refractivity contribution in [3.8, 4) is 0 Å². The van der Waals surface area contributed by atoms with Crippen molar-refractivity contribution in [2.24, 2.45) is 5.92 Å². The summed E-state index contributed by atoms with van der Waals surface area (Å²) < 4.78 is 7.32. The number of hydrogen-bond donors (Lipinski definition) is 1. The molecule has 0 aliphatic heterocycles. The Hall–Kier alpha value is -2.56. The van der Waals surface area contributed by atoms with Gasteiger partial charge in [-0.2, -0.15) is 0 Å². The zero-order valence-electron chi connectivity index (χ0n) is 14.6. The van der Waals surface area contributed by atoms with Gasteiger partial charge in [-0.1, -0.05) is 25.1 Å². The second-order valence-electron chi connectivity index (χ2n) is 6.58. The maximum absolute atomic E-state index is 12.6. The molecule has 0 saturated heterocycles. The van der Waals surface area contributed by atoms with E-state index in [0.29, 0.717) is 22.9 Å². The Labute approximate surface area is 141 Å². The van der Waals surface area contributed by atoms with Gasteiger partial charge in [-0.15, -0.1) is 0 Å². The topological polar surface area (TPSA) is 60.1 Å². The fourth-order valence-corrected chi connectivity index (χ4v) is 2.92. The average Bonchev–Trinajstić information content (AvgIpc) is 3.09. The molecule has 24 heavy (non-hydrogen) atoms. The van der Waals surface area contributed by atoms with Crippen molar-refractivity contribution in [2.75, 3.05) is 5.32 Å². The Kier molecular flexibility index (Phi) is 4.42. The Morgan fingerprint density at radius 2 is 2.08 bits per heavy atom. The van der Waals surface area contributed by atoms with Crippen LogP contribution in [0, 0.1) is 19.8 Å². The molecule has 1 amide bonds. The average molecular weight is 325 g/mol. The monoisotopic (exact) mass is 325 g/mol. The SMILES string of the molecule is Cc1noc(C)c1C(=O)Nc1cccc2c1ccn2CCC(C)C. The third kappa shape index (κ3) is 3.07. The van der Waals surface area contributed by atoms with E-state index in [4.69, 9.17) is 4.52 Å². The predicted molar refractivity (Wildman–Crippen MR) is 95.3 cm³/mol. The lowest BCUT2D eigenvalue weighted by molar-refractivity contribution is 0.102. The van der Waals surface area contributed by atoms with Crippen LogP contribution in [0.4, 0.5) is 5.69 Å². The maximum atomic E-state index is 12.6. The van der Waals surface area contributed by atoms with Gasteiger partial charge in [-0.3, -0.25) is 4.79 Å². The summed E-state index contributed by atoms with van der Waals surface area (Å²) in [6, 6.07) is 8.03. The zero-order chi connectivity index (χ0) is 17.3. The van der Waals surface area contributed by atoms with E-state index in [1.165, 1.54) is 0 Å². The van der Waals surface area contributed by atoms with Gasteiger partial charge in [0.25, 0.3) is 5.91 Å².